The van der Waals surface area contributed by atoms with Gasteiger partial charge in [-0.05, 0) is 36.4 Å². The summed E-state index contributed by atoms with van der Waals surface area (Å²) in [5, 5.41) is 1.28. The summed E-state index contributed by atoms with van der Waals surface area (Å²) in [5.74, 6) is 4.37. The molecule has 3 rings (SSSR count). The second-order valence-corrected chi connectivity index (χ2v) is 5.00. The van der Waals surface area contributed by atoms with Gasteiger partial charge >= 0.3 is 0 Å². The summed E-state index contributed by atoms with van der Waals surface area (Å²) >= 11 is 5.91. The Morgan fingerprint density at radius 3 is 2.48 bits per heavy atom. The van der Waals surface area contributed by atoms with Crippen LogP contribution < -0.4 is 11.3 Å². The topological polar surface area (TPSA) is 51.2 Å². The number of nitrogens with one attached hydrogen (secondary N) is 1. The molecule has 0 aliphatic rings. The molecule has 0 amide bonds. The second-order valence-electron chi connectivity index (χ2n) is 4.57. The quantitative estimate of drug-likeness (QED) is 0.569. The maximum absolute atomic E-state index is 13.9. The molecule has 3 N–H and O–H groups in total. The Hall–Kier alpha value is -1.95. The van der Waals surface area contributed by atoms with E-state index in [1.165, 1.54) is 18.2 Å². The molecule has 0 saturated carbocycles. The predicted molar refractivity (Wildman–Crippen MR) is 76.7 cm³/mol. The molecule has 3 nitrogen and oxygen atoms in total. The van der Waals surface area contributed by atoms with Crippen molar-refractivity contribution in [3.63, 3.8) is 0 Å². The predicted octanol–water partition coefficient (Wildman–Crippen LogP) is 3.92. The first-order valence-electron chi connectivity index (χ1n) is 6.19. The lowest BCUT2D eigenvalue weighted by Crippen LogP contribution is -2.30. The number of fused-ring (bicyclic) bond motifs is 1. The summed E-state index contributed by atoms with van der Waals surface area (Å²) in [6.07, 6.45) is 0. The van der Waals surface area contributed by atoms with E-state index in [9.17, 15) is 8.78 Å². The average Bonchev–Trinajstić information content (AvgIpc) is 2.85. The molecular weight excluding hydrogens is 298 g/mol. The van der Waals surface area contributed by atoms with Gasteiger partial charge in [-0.25, -0.2) is 14.2 Å². The molecule has 1 heterocycles. The normalized spacial score (nSPS) is 12.8. The first-order chi connectivity index (χ1) is 10.1. The van der Waals surface area contributed by atoms with Crippen molar-refractivity contribution in [3.8, 4) is 0 Å². The van der Waals surface area contributed by atoms with Crippen molar-refractivity contribution in [1.82, 2.24) is 5.43 Å². The van der Waals surface area contributed by atoms with E-state index in [0.717, 1.165) is 5.39 Å². The third kappa shape index (κ3) is 2.51. The van der Waals surface area contributed by atoms with Crippen molar-refractivity contribution >= 4 is 22.6 Å². The van der Waals surface area contributed by atoms with Gasteiger partial charge in [0.1, 0.15) is 29.0 Å². The van der Waals surface area contributed by atoms with Crippen LogP contribution >= 0.6 is 11.6 Å². The summed E-state index contributed by atoms with van der Waals surface area (Å²) in [7, 11) is 0. The Morgan fingerprint density at radius 2 is 1.81 bits per heavy atom. The summed E-state index contributed by atoms with van der Waals surface area (Å²) in [6, 6.07) is 9.41. The van der Waals surface area contributed by atoms with Crippen molar-refractivity contribution in [1.29, 1.82) is 0 Å². The lowest BCUT2D eigenvalue weighted by molar-refractivity contribution is 0.444. The third-order valence-electron chi connectivity index (χ3n) is 3.24. The van der Waals surface area contributed by atoms with E-state index >= 15 is 0 Å². The Kier molecular flexibility index (Phi) is 3.63. The molecule has 3 aromatic rings. The van der Waals surface area contributed by atoms with Crippen LogP contribution in [0.15, 0.2) is 46.9 Å². The molecule has 6 heteroatoms. The van der Waals surface area contributed by atoms with Crippen molar-refractivity contribution in [2.24, 2.45) is 5.84 Å². The summed E-state index contributed by atoms with van der Waals surface area (Å²) in [6.45, 7) is 0. The van der Waals surface area contributed by atoms with Gasteiger partial charge in [-0.3, -0.25) is 5.84 Å². The fraction of sp³-hybridized carbons (Fsp3) is 0.0667. The van der Waals surface area contributed by atoms with Gasteiger partial charge in [0.05, 0.1) is 0 Å². The number of nitrogens with two attached hydrogens (primary N) is 1. The molecule has 0 aliphatic heterocycles. The van der Waals surface area contributed by atoms with Gasteiger partial charge in [-0.2, -0.15) is 0 Å². The van der Waals surface area contributed by atoms with Crippen LogP contribution in [-0.4, -0.2) is 0 Å². The molecular formula is C15H11ClF2N2O. The number of hydrogen-bond donors (Lipinski definition) is 2. The minimum atomic E-state index is -0.933. The monoisotopic (exact) mass is 308 g/mol. The molecule has 1 aromatic heterocycles. The smallest absolute Gasteiger partial charge is 0.134 e. The zero-order valence-corrected chi connectivity index (χ0v) is 11.5. The fourth-order valence-corrected chi connectivity index (χ4v) is 2.45. The van der Waals surface area contributed by atoms with E-state index in [2.05, 4.69) is 5.43 Å². The van der Waals surface area contributed by atoms with Gasteiger partial charge in [0.25, 0.3) is 0 Å². The lowest BCUT2D eigenvalue weighted by Gasteiger charge is -2.15. The average molecular weight is 309 g/mol. The number of furan rings is 1. The Bertz CT molecular complexity index is 783. The van der Waals surface area contributed by atoms with Crippen molar-refractivity contribution < 1.29 is 13.2 Å². The van der Waals surface area contributed by atoms with Gasteiger partial charge < -0.3 is 4.42 Å². The van der Waals surface area contributed by atoms with Crippen LogP contribution in [0.1, 0.15) is 17.4 Å². The van der Waals surface area contributed by atoms with Crippen molar-refractivity contribution in [2.45, 2.75) is 6.04 Å². The lowest BCUT2D eigenvalue weighted by atomic mass is 10.0. The fourth-order valence-electron chi connectivity index (χ4n) is 2.27. The zero-order valence-electron chi connectivity index (χ0n) is 10.7. The molecule has 21 heavy (non-hydrogen) atoms. The maximum atomic E-state index is 13.9. The van der Waals surface area contributed by atoms with E-state index in [4.69, 9.17) is 21.9 Å². The highest BCUT2D eigenvalue weighted by Crippen LogP contribution is 2.31. The highest BCUT2D eigenvalue weighted by Gasteiger charge is 2.24. The van der Waals surface area contributed by atoms with Crippen LogP contribution in [0.3, 0.4) is 0 Å². The molecule has 108 valence electrons. The summed E-state index contributed by atoms with van der Waals surface area (Å²) in [4.78, 5) is 0. The Labute approximate surface area is 124 Å². The van der Waals surface area contributed by atoms with E-state index in [0.29, 0.717) is 16.4 Å². The molecule has 2 aromatic carbocycles. The minimum Gasteiger partial charge on any atom is -0.459 e. The molecule has 0 spiro atoms. The molecule has 0 saturated heterocycles. The van der Waals surface area contributed by atoms with Crippen LogP contribution in [0, 0.1) is 11.6 Å². The zero-order chi connectivity index (χ0) is 15.0. The molecule has 0 radical (unpaired) electrons. The number of halogens is 3. The van der Waals surface area contributed by atoms with Crippen LogP contribution in [-0.2, 0) is 0 Å². The van der Waals surface area contributed by atoms with Gasteiger partial charge in [0.15, 0.2) is 0 Å². The van der Waals surface area contributed by atoms with Crippen LogP contribution in [0.4, 0.5) is 8.78 Å². The number of rotatable bonds is 3. The Balaban J connectivity index is 2.14. The van der Waals surface area contributed by atoms with Gasteiger partial charge in [0, 0.05) is 16.0 Å². The van der Waals surface area contributed by atoms with Crippen LogP contribution in [0.5, 0.6) is 0 Å². The third-order valence-corrected chi connectivity index (χ3v) is 3.47. The minimum absolute atomic E-state index is 0.190. The molecule has 0 bridgehead atoms. The number of benzene rings is 2. The summed E-state index contributed by atoms with van der Waals surface area (Å²) < 4.78 is 33.4. The highest BCUT2D eigenvalue weighted by atomic mass is 35.5. The highest BCUT2D eigenvalue weighted by molar-refractivity contribution is 6.31. The maximum Gasteiger partial charge on any atom is 0.134 e. The van der Waals surface area contributed by atoms with E-state index < -0.39 is 17.7 Å². The van der Waals surface area contributed by atoms with Gasteiger partial charge in [-0.1, -0.05) is 17.7 Å². The van der Waals surface area contributed by atoms with Crippen molar-refractivity contribution in [3.05, 3.63) is 70.4 Å². The van der Waals surface area contributed by atoms with E-state index in [1.54, 1.807) is 24.3 Å². The SMILES string of the molecule is NNC(c1cc2cc(Cl)ccc2o1)c1c(F)cccc1F. The van der Waals surface area contributed by atoms with Gasteiger partial charge in [0.2, 0.25) is 0 Å². The summed E-state index contributed by atoms with van der Waals surface area (Å²) in [5.41, 5.74) is 2.76. The standard InChI is InChI=1S/C15H11ClF2N2O/c16-9-4-5-12-8(6-9)7-13(21-12)15(20-19)14-10(17)2-1-3-11(14)18/h1-7,15,20H,19H2. The van der Waals surface area contributed by atoms with E-state index in [1.807, 2.05) is 0 Å². The number of hydrazine groups is 1. The first kappa shape index (κ1) is 14.0. The first-order valence-corrected chi connectivity index (χ1v) is 6.57. The number of hydrogen-bond acceptors (Lipinski definition) is 3. The molecule has 1 unspecified atom stereocenters. The van der Waals surface area contributed by atoms with Crippen molar-refractivity contribution in [2.75, 3.05) is 0 Å². The van der Waals surface area contributed by atoms with Crippen LogP contribution in [0.25, 0.3) is 11.0 Å². The van der Waals surface area contributed by atoms with Crippen LogP contribution in [0.2, 0.25) is 5.02 Å². The van der Waals surface area contributed by atoms with E-state index in [-0.39, 0.29) is 5.56 Å². The molecule has 1 atom stereocenters. The Morgan fingerprint density at radius 1 is 1.10 bits per heavy atom. The largest absolute Gasteiger partial charge is 0.459 e. The second kappa shape index (κ2) is 5.44. The molecule has 0 fully saturated rings. The molecule has 0 aliphatic carbocycles. The van der Waals surface area contributed by atoms with Gasteiger partial charge in [-0.15, -0.1) is 0 Å².